The fourth-order valence-corrected chi connectivity index (χ4v) is 2.89. The van der Waals surface area contributed by atoms with Crippen molar-refractivity contribution in [2.45, 2.75) is 26.2 Å². The van der Waals surface area contributed by atoms with Crippen LogP contribution in [0.5, 0.6) is 5.75 Å². The van der Waals surface area contributed by atoms with Crippen LogP contribution in [0, 0.1) is 0 Å². The van der Waals surface area contributed by atoms with Crippen LogP contribution in [0.1, 0.15) is 25.3 Å². The predicted octanol–water partition coefficient (Wildman–Crippen LogP) is 5.64. The smallest absolute Gasteiger partial charge is 0.133 e. The van der Waals surface area contributed by atoms with Gasteiger partial charge in [0, 0.05) is 11.9 Å². The van der Waals surface area contributed by atoms with Gasteiger partial charge in [-0.3, -0.25) is 0 Å². The number of hydrogen-bond donors (Lipinski definition) is 0. The molecule has 0 fully saturated rings. The number of ether oxygens (including phenoxy) is 1. The van der Waals surface area contributed by atoms with E-state index in [0.29, 0.717) is 6.61 Å². The highest BCUT2D eigenvalue weighted by Gasteiger charge is 2.10. The number of hydrogen-bond acceptors (Lipinski definition) is 3. The first kappa shape index (κ1) is 18.0. The standard InChI is InChI=1S/C23H26N2O/c1-2-3-9-20-13-15-22(16-14-20)26-19-18-25(21-10-5-4-6-11-21)23-12-7-8-17-24-23/h4-8,10-17H,2-3,9,18-19H2,1H3. The second kappa shape index (κ2) is 9.62. The van der Waals surface area contributed by atoms with E-state index in [1.165, 1.54) is 18.4 Å². The summed E-state index contributed by atoms with van der Waals surface area (Å²) in [5, 5.41) is 0. The molecule has 134 valence electrons. The maximum Gasteiger partial charge on any atom is 0.133 e. The van der Waals surface area contributed by atoms with Gasteiger partial charge in [0.05, 0.1) is 6.54 Å². The van der Waals surface area contributed by atoms with Gasteiger partial charge >= 0.3 is 0 Å². The lowest BCUT2D eigenvalue weighted by atomic mass is 10.1. The van der Waals surface area contributed by atoms with Gasteiger partial charge in [-0.15, -0.1) is 0 Å². The van der Waals surface area contributed by atoms with Gasteiger partial charge in [0.15, 0.2) is 0 Å². The molecular formula is C23H26N2O. The van der Waals surface area contributed by atoms with Crippen LogP contribution < -0.4 is 9.64 Å². The summed E-state index contributed by atoms with van der Waals surface area (Å²) in [6.07, 6.45) is 5.41. The SMILES string of the molecule is CCCCc1ccc(OCCN(c2ccccc2)c2ccccn2)cc1. The summed E-state index contributed by atoms with van der Waals surface area (Å²) in [4.78, 5) is 6.67. The first-order valence-corrected chi connectivity index (χ1v) is 9.32. The Bertz CT molecular complexity index is 718. The van der Waals surface area contributed by atoms with Crippen molar-refractivity contribution in [3.63, 3.8) is 0 Å². The highest BCUT2D eigenvalue weighted by atomic mass is 16.5. The molecule has 1 aromatic heterocycles. The lowest BCUT2D eigenvalue weighted by molar-refractivity contribution is 0.327. The molecule has 0 aliphatic carbocycles. The average molecular weight is 346 g/mol. The van der Waals surface area contributed by atoms with Crippen molar-refractivity contribution in [2.75, 3.05) is 18.1 Å². The monoisotopic (exact) mass is 346 g/mol. The molecular weight excluding hydrogens is 320 g/mol. The first-order chi connectivity index (χ1) is 12.9. The maximum absolute atomic E-state index is 5.97. The van der Waals surface area contributed by atoms with Crippen LogP contribution in [0.15, 0.2) is 79.0 Å². The van der Waals surface area contributed by atoms with Crippen molar-refractivity contribution in [2.24, 2.45) is 0 Å². The zero-order valence-corrected chi connectivity index (χ0v) is 15.3. The third-order valence-corrected chi connectivity index (χ3v) is 4.32. The Hall–Kier alpha value is -2.81. The second-order valence-electron chi connectivity index (χ2n) is 6.27. The lowest BCUT2D eigenvalue weighted by Gasteiger charge is -2.23. The van der Waals surface area contributed by atoms with Gasteiger partial charge in [0.2, 0.25) is 0 Å². The fourth-order valence-electron chi connectivity index (χ4n) is 2.89. The topological polar surface area (TPSA) is 25.4 Å². The Morgan fingerprint density at radius 2 is 1.65 bits per heavy atom. The molecule has 0 atom stereocenters. The number of pyridine rings is 1. The van der Waals surface area contributed by atoms with E-state index in [1.54, 1.807) is 0 Å². The van der Waals surface area contributed by atoms with E-state index in [-0.39, 0.29) is 0 Å². The number of aryl methyl sites for hydroxylation is 1. The van der Waals surface area contributed by atoms with Gasteiger partial charge in [-0.25, -0.2) is 4.98 Å². The zero-order chi connectivity index (χ0) is 18.0. The average Bonchev–Trinajstić information content (AvgIpc) is 2.72. The van der Waals surface area contributed by atoms with Gasteiger partial charge in [-0.2, -0.15) is 0 Å². The lowest BCUT2D eigenvalue weighted by Crippen LogP contribution is -2.24. The largest absolute Gasteiger partial charge is 0.492 e. The summed E-state index contributed by atoms with van der Waals surface area (Å²) in [7, 11) is 0. The number of rotatable bonds is 9. The molecule has 3 aromatic rings. The van der Waals surface area contributed by atoms with E-state index in [9.17, 15) is 0 Å². The van der Waals surface area contributed by atoms with Crippen LogP contribution in [0.3, 0.4) is 0 Å². The molecule has 0 N–H and O–H groups in total. The van der Waals surface area contributed by atoms with E-state index in [2.05, 4.69) is 53.2 Å². The summed E-state index contributed by atoms with van der Waals surface area (Å²) < 4.78 is 5.97. The summed E-state index contributed by atoms with van der Waals surface area (Å²) in [6, 6.07) is 24.7. The number of benzene rings is 2. The van der Waals surface area contributed by atoms with E-state index in [1.807, 2.05) is 42.6 Å². The van der Waals surface area contributed by atoms with Crippen molar-refractivity contribution in [3.8, 4) is 5.75 Å². The molecule has 1 heterocycles. The number of aromatic nitrogens is 1. The van der Waals surface area contributed by atoms with Crippen molar-refractivity contribution < 1.29 is 4.74 Å². The minimum atomic E-state index is 0.597. The van der Waals surface area contributed by atoms with E-state index < -0.39 is 0 Å². The summed E-state index contributed by atoms with van der Waals surface area (Å²) in [5.41, 5.74) is 2.49. The van der Waals surface area contributed by atoms with Gasteiger partial charge in [0.1, 0.15) is 18.2 Å². The number of anilines is 2. The zero-order valence-electron chi connectivity index (χ0n) is 15.3. The summed E-state index contributed by atoms with van der Waals surface area (Å²) >= 11 is 0. The molecule has 0 spiro atoms. The first-order valence-electron chi connectivity index (χ1n) is 9.32. The molecule has 0 aliphatic rings. The highest BCUT2D eigenvalue weighted by molar-refractivity contribution is 5.59. The van der Waals surface area contributed by atoms with Gasteiger partial charge in [-0.1, -0.05) is 49.7 Å². The van der Waals surface area contributed by atoms with E-state index in [0.717, 1.165) is 30.2 Å². The van der Waals surface area contributed by atoms with Gasteiger partial charge in [0.25, 0.3) is 0 Å². The maximum atomic E-state index is 5.97. The molecule has 0 radical (unpaired) electrons. The third-order valence-electron chi connectivity index (χ3n) is 4.32. The van der Waals surface area contributed by atoms with Crippen LogP contribution in [-0.4, -0.2) is 18.1 Å². The van der Waals surface area contributed by atoms with Crippen LogP contribution in [0.2, 0.25) is 0 Å². The molecule has 3 nitrogen and oxygen atoms in total. The molecule has 0 unspecified atom stereocenters. The molecule has 26 heavy (non-hydrogen) atoms. The molecule has 0 bridgehead atoms. The molecule has 2 aromatic carbocycles. The van der Waals surface area contributed by atoms with Crippen LogP contribution in [0.4, 0.5) is 11.5 Å². The number of unbranched alkanes of at least 4 members (excludes halogenated alkanes) is 1. The minimum Gasteiger partial charge on any atom is -0.492 e. The van der Waals surface area contributed by atoms with Gasteiger partial charge in [-0.05, 0) is 54.8 Å². The fraction of sp³-hybridized carbons (Fsp3) is 0.261. The predicted molar refractivity (Wildman–Crippen MR) is 108 cm³/mol. The summed E-state index contributed by atoms with van der Waals surface area (Å²) in [5.74, 6) is 1.84. The molecule has 0 amide bonds. The Morgan fingerprint density at radius 3 is 2.35 bits per heavy atom. The summed E-state index contributed by atoms with van der Waals surface area (Å²) in [6.45, 7) is 3.55. The van der Waals surface area contributed by atoms with Crippen molar-refractivity contribution in [1.82, 2.24) is 4.98 Å². The normalized spacial score (nSPS) is 10.5. The quantitative estimate of drug-likeness (QED) is 0.501. The molecule has 0 aliphatic heterocycles. The Morgan fingerprint density at radius 1 is 0.885 bits per heavy atom. The van der Waals surface area contributed by atoms with Gasteiger partial charge < -0.3 is 9.64 Å². The van der Waals surface area contributed by atoms with Crippen LogP contribution in [-0.2, 0) is 6.42 Å². The molecule has 0 saturated carbocycles. The van der Waals surface area contributed by atoms with Crippen molar-refractivity contribution in [3.05, 3.63) is 84.6 Å². The van der Waals surface area contributed by atoms with Crippen molar-refractivity contribution >= 4 is 11.5 Å². The Balaban J connectivity index is 1.61. The third kappa shape index (κ3) is 5.09. The molecule has 3 heteroatoms. The second-order valence-corrected chi connectivity index (χ2v) is 6.27. The molecule has 3 rings (SSSR count). The Kier molecular flexibility index (Phi) is 6.66. The minimum absolute atomic E-state index is 0.597. The number of nitrogens with zero attached hydrogens (tertiary/aromatic N) is 2. The molecule has 0 saturated heterocycles. The van der Waals surface area contributed by atoms with Crippen LogP contribution in [0.25, 0.3) is 0 Å². The van der Waals surface area contributed by atoms with E-state index in [4.69, 9.17) is 4.74 Å². The highest BCUT2D eigenvalue weighted by Crippen LogP contribution is 2.22. The Labute approximate surface area is 156 Å². The van der Waals surface area contributed by atoms with E-state index >= 15 is 0 Å². The van der Waals surface area contributed by atoms with Crippen molar-refractivity contribution in [1.29, 1.82) is 0 Å². The number of para-hydroxylation sites is 1. The van der Waals surface area contributed by atoms with Crippen LogP contribution >= 0.6 is 0 Å².